The zero-order chi connectivity index (χ0) is 12.8. The summed E-state index contributed by atoms with van der Waals surface area (Å²) in [5.41, 5.74) is 0.574. The van der Waals surface area contributed by atoms with Crippen molar-refractivity contribution in [1.29, 1.82) is 0 Å². The summed E-state index contributed by atoms with van der Waals surface area (Å²) in [5.74, 6) is -0.305. The first-order valence-corrected chi connectivity index (χ1v) is 6.05. The predicted molar refractivity (Wildman–Crippen MR) is 70.7 cm³/mol. The number of carbonyl (C=O) groups is 1. The first-order valence-electron chi connectivity index (χ1n) is 6.05. The summed E-state index contributed by atoms with van der Waals surface area (Å²) in [6, 6.07) is 13.5. The number of rotatable bonds is 5. The molecule has 0 radical (unpaired) electrons. The van der Waals surface area contributed by atoms with E-state index < -0.39 is 0 Å². The highest BCUT2D eigenvalue weighted by atomic mass is 16.6. The van der Waals surface area contributed by atoms with E-state index in [0.29, 0.717) is 25.4 Å². The minimum absolute atomic E-state index is 0.291. The van der Waals surface area contributed by atoms with Crippen LogP contribution in [0.3, 0.4) is 0 Å². The Morgan fingerprint density at radius 3 is 2.61 bits per heavy atom. The molecule has 0 bridgehead atoms. The van der Waals surface area contributed by atoms with Gasteiger partial charge in [0.2, 0.25) is 0 Å². The Bertz CT molecular complexity index is 534. The Morgan fingerprint density at radius 2 is 1.83 bits per heavy atom. The lowest BCUT2D eigenvalue weighted by Crippen LogP contribution is -2.10. The molecule has 0 aromatic heterocycles. The molecule has 3 nitrogen and oxygen atoms in total. The fourth-order valence-corrected chi connectivity index (χ4v) is 1.74. The van der Waals surface area contributed by atoms with Crippen LogP contribution in [0.1, 0.15) is 17.3 Å². The minimum atomic E-state index is -0.305. The third kappa shape index (κ3) is 3.08. The maximum atomic E-state index is 11.8. The van der Waals surface area contributed by atoms with Crippen LogP contribution in [-0.4, -0.2) is 25.8 Å². The summed E-state index contributed by atoms with van der Waals surface area (Å²) < 4.78 is 10.2. The number of ether oxygens (including phenoxy) is 2. The van der Waals surface area contributed by atoms with Crippen molar-refractivity contribution in [3.63, 3.8) is 0 Å². The van der Waals surface area contributed by atoms with E-state index in [9.17, 15) is 4.79 Å². The molecule has 0 saturated heterocycles. The van der Waals surface area contributed by atoms with Crippen LogP contribution < -0.4 is 0 Å². The smallest absolute Gasteiger partial charge is 0.338 e. The Kier molecular flexibility index (Phi) is 4.31. The van der Waals surface area contributed by atoms with Gasteiger partial charge < -0.3 is 9.47 Å². The van der Waals surface area contributed by atoms with Gasteiger partial charge in [0.15, 0.2) is 0 Å². The molecule has 0 saturated carbocycles. The summed E-state index contributed by atoms with van der Waals surface area (Å²) in [5, 5.41) is 2.15. The fraction of sp³-hybridized carbons (Fsp3) is 0.267. The van der Waals surface area contributed by atoms with E-state index >= 15 is 0 Å². The topological polar surface area (TPSA) is 35.5 Å². The lowest BCUT2D eigenvalue weighted by molar-refractivity contribution is 0.0335. The summed E-state index contributed by atoms with van der Waals surface area (Å²) in [4.78, 5) is 11.8. The van der Waals surface area contributed by atoms with E-state index in [1.807, 2.05) is 43.3 Å². The van der Waals surface area contributed by atoms with Crippen molar-refractivity contribution in [2.75, 3.05) is 19.8 Å². The van der Waals surface area contributed by atoms with Gasteiger partial charge in [-0.3, -0.25) is 0 Å². The van der Waals surface area contributed by atoms with Crippen molar-refractivity contribution in [3.8, 4) is 0 Å². The predicted octanol–water partition coefficient (Wildman–Crippen LogP) is 3.03. The van der Waals surface area contributed by atoms with Crippen LogP contribution in [0.25, 0.3) is 10.8 Å². The maximum Gasteiger partial charge on any atom is 0.338 e. The van der Waals surface area contributed by atoms with Crippen molar-refractivity contribution in [2.24, 2.45) is 0 Å². The van der Waals surface area contributed by atoms with Crippen molar-refractivity contribution in [2.45, 2.75) is 6.92 Å². The molecular formula is C15H16O3. The normalized spacial score (nSPS) is 10.5. The molecule has 0 aliphatic heterocycles. The van der Waals surface area contributed by atoms with E-state index in [4.69, 9.17) is 9.47 Å². The molecule has 0 amide bonds. The summed E-state index contributed by atoms with van der Waals surface area (Å²) in [6.07, 6.45) is 0. The second-order valence-electron chi connectivity index (χ2n) is 3.89. The molecule has 94 valence electrons. The van der Waals surface area contributed by atoms with Crippen LogP contribution in [0.5, 0.6) is 0 Å². The van der Waals surface area contributed by atoms with E-state index in [2.05, 4.69) is 0 Å². The Labute approximate surface area is 106 Å². The lowest BCUT2D eigenvalue weighted by atomic mass is 10.1. The average Bonchev–Trinajstić information content (AvgIpc) is 2.43. The Balaban J connectivity index is 2.04. The molecule has 0 heterocycles. The highest BCUT2D eigenvalue weighted by Gasteiger charge is 2.07. The number of esters is 1. The summed E-state index contributed by atoms with van der Waals surface area (Å²) in [7, 11) is 0. The fourth-order valence-electron chi connectivity index (χ4n) is 1.74. The summed E-state index contributed by atoms with van der Waals surface area (Å²) in [6.45, 7) is 3.27. The lowest BCUT2D eigenvalue weighted by Gasteiger charge is -2.05. The van der Waals surface area contributed by atoms with Crippen LogP contribution >= 0.6 is 0 Å². The Hall–Kier alpha value is -1.87. The van der Waals surface area contributed by atoms with Crippen LogP contribution in [0.4, 0.5) is 0 Å². The number of fused-ring (bicyclic) bond motifs is 1. The van der Waals surface area contributed by atoms with Gasteiger partial charge in [0.05, 0.1) is 12.2 Å². The van der Waals surface area contributed by atoms with Crippen LogP contribution in [0, 0.1) is 0 Å². The molecule has 0 aliphatic rings. The van der Waals surface area contributed by atoms with Gasteiger partial charge in [-0.1, -0.05) is 30.3 Å². The maximum absolute atomic E-state index is 11.8. The van der Waals surface area contributed by atoms with Crippen LogP contribution in [0.15, 0.2) is 42.5 Å². The van der Waals surface area contributed by atoms with E-state index in [1.165, 1.54) is 0 Å². The zero-order valence-electron chi connectivity index (χ0n) is 10.4. The molecule has 3 heteroatoms. The molecule has 2 aromatic carbocycles. The van der Waals surface area contributed by atoms with Gasteiger partial charge in [-0.15, -0.1) is 0 Å². The second-order valence-corrected chi connectivity index (χ2v) is 3.89. The van der Waals surface area contributed by atoms with Gasteiger partial charge in [0.25, 0.3) is 0 Å². The quantitative estimate of drug-likeness (QED) is 0.599. The van der Waals surface area contributed by atoms with Gasteiger partial charge in [0.1, 0.15) is 6.61 Å². The highest BCUT2D eigenvalue weighted by molar-refractivity contribution is 5.95. The molecule has 2 rings (SSSR count). The molecular weight excluding hydrogens is 228 g/mol. The van der Waals surface area contributed by atoms with E-state index in [0.717, 1.165) is 10.8 Å². The molecule has 0 unspecified atom stereocenters. The molecule has 2 aromatic rings. The average molecular weight is 244 g/mol. The zero-order valence-corrected chi connectivity index (χ0v) is 10.4. The molecule has 0 aliphatic carbocycles. The van der Waals surface area contributed by atoms with Gasteiger partial charge in [-0.2, -0.15) is 0 Å². The van der Waals surface area contributed by atoms with Gasteiger partial charge in [0, 0.05) is 6.61 Å². The van der Waals surface area contributed by atoms with Gasteiger partial charge >= 0.3 is 5.97 Å². The third-order valence-corrected chi connectivity index (χ3v) is 2.65. The number of hydrogen-bond donors (Lipinski definition) is 0. The second kappa shape index (κ2) is 6.17. The number of hydrogen-bond acceptors (Lipinski definition) is 3. The van der Waals surface area contributed by atoms with Crippen molar-refractivity contribution < 1.29 is 14.3 Å². The number of carbonyl (C=O) groups excluding carboxylic acids is 1. The van der Waals surface area contributed by atoms with Crippen LogP contribution in [-0.2, 0) is 9.47 Å². The van der Waals surface area contributed by atoms with E-state index in [-0.39, 0.29) is 5.97 Å². The Morgan fingerprint density at radius 1 is 1.06 bits per heavy atom. The van der Waals surface area contributed by atoms with Crippen molar-refractivity contribution >= 4 is 16.7 Å². The number of benzene rings is 2. The molecule has 0 N–H and O–H groups in total. The van der Waals surface area contributed by atoms with Crippen molar-refractivity contribution in [1.82, 2.24) is 0 Å². The minimum Gasteiger partial charge on any atom is -0.460 e. The molecule has 0 spiro atoms. The molecule has 18 heavy (non-hydrogen) atoms. The van der Waals surface area contributed by atoms with E-state index in [1.54, 1.807) is 6.07 Å². The van der Waals surface area contributed by atoms with Crippen molar-refractivity contribution in [3.05, 3.63) is 48.0 Å². The standard InChI is InChI=1S/C15H16O3/c1-2-17-9-10-18-15(16)14-8-7-12-5-3-4-6-13(12)11-14/h3-8,11H,2,9-10H2,1H3. The third-order valence-electron chi connectivity index (χ3n) is 2.65. The molecule has 0 fully saturated rings. The first kappa shape index (κ1) is 12.6. The van der Waals surface area contributed by atoms with Gasteiger partial charge in [-0.05, 0) is 29.8 Å². The first-order chi connectivity index (χ1) is 8.81. The monoisotopic (exact) mass is 244 g/mol. The summed E-state index contributed by atoms with van der Waals surface area (Å²) >= 11 is 0. The van der Waals surface area contributed by atoms with Gasteiger partial charge in [-0.25, -0.2) is 4.79 Å². The van der Waals surface area contributed by atoms with Crippen LogP contribution in [0.2, 0.25) is 0 Å². The molecule has 0 atom stereocenters. The largest absolute Gasteiger partial charge is 0.460 e. The highest BCUT2D eigenvalue weighted by Crippen LogP contribution is 2.16. The SMILES string of the molecule is CCOCCOC(=O)c1ccc2ccccc2c1.